The number of H-pyrrole nitrogens is 1. The van der Waals surface area contributed by atoms with E-state index >= 15 is 0 Å². The Labute approximate surface area is 80.4 Å². The zero-order valence-corrected chi connectivity index (χ0v) is 7.83. The third kappa shape index (κ3) is 2.13. The summed E-state index contributed by atoms with van der Waals surface area (Å²) in [5.41, 5.74) is 4.76. The smallest absolute Gasteiger partial charge is 0.321 e. The Morgan fingerprint density at radius 1 is 1.64 bits per heavy atom. The first kappa shape index (κ1) is 10.3. The number of hydrogen-bond donors (Lipinski definition) is 4. The van der Waals surface area contributed by atoms with Crippen LogP contribution in [-0.4, -0.2) is 16.5 Å². The molecule has 0 aromatic carbocycles. The van der Waals surface area contributed by atoms with Crippen LogP contribution >= 0.6 is 0 Å². The average Bonchev–Trinajstić information content (AvgIpc) is 2.14. The van der Waals surface area contributed by atoms with Gasteiger partial charge in [-0.25, -0.2) is 0 Å². The number of anilines is 2. The van der Waals surface area contributed by atoms with Crippen LogP contribution in [0.4, 0.5) is 11.8 Å². The summed E-state index contributed by atoms with van der Waals surface area (Å²) in [6.07, 6.45) is 0.897. The summed E-state index contributed by atoms with van der Waals surface area (Å²) >= 11 is 0. The molecule has 6 N–H and O–H groups in total. The Balaban J connectivity index is 3.05. The van der Waals surface area contributed by atoms with Crippen molar-refractivity contribution in [3.8, 4) is 5.75 Å². The second-order valence-corrected chi connectivity index (χ2v) is 2.68. The number of aromatic nitrogens is 2. The van der Waals surface area contributed by atoms with E-state index in [1.807, 2.05) is 6.92 Å². The van der Waals surface area contributed by atoms with E-state index in [0.717, 1.165) is 6.42 Å². The molecule has 1 rings (SSSR count). The molecule has 0 spiro atoms. The maximum atomic E-state index is 11.2. The minimum Gasteiger partial charge on any atom is -0.402 e. The molecule has 0 aliphatic rings. The summed E-state index contributed by atoms with van der Waals surface area (Å²) in [4.78, 5) is 21.7. The van der Waals surface area contributed by atoms with Gasteiger partial charge in [-0.3, -0.25) is 4.79 Å². The quantitative estimate of drug-likeness (QED) is 0.482. The van der Waals surface area contributed by atoms with Crippen LogP contribution in [0.15, 0.2) is 4.79 Å². The lowest BCUT2D eigenvalue weighted by molar-refractivity contribution is 0.330. The molecule has 0 aliphatic carbocycles. The molecule has 0 amide bonds. The van der Waals surface area contributed by atoms with Crippen molar-refractivity contribution in [3.63, 3.8) is 0 Å². The van der Waals surface area contributed by atoms with Crippen LogP contribution in [0.2, 0.25) is 0 Å². The summed E-state index contributed by atoms with van der Waals surface area (Å²) in [6.45, 7) is 2.66. The van der Waals surface area contributed by atoms with E-state index in [9.17, 15) is 4.79 Å². The highest BCUT2D eigenvalue weighted by atomic mass is 16.6. The predicted molar refractivity (Wildman–Crippen MR) is 52.9 cm³/mol. The van der Waals surface area contributed by atoms with Crippen molar-refractivity contribution in [2.45, 2.75) is 13.3 Å². The molecule has 0 aliphatic heterocycles. The van der Waals surface area contributed by atoms with E-state index in [1.165, 1.54) is 0 Å². The maximum absolute atomic E-state index is 11.2. The van der Waals surface area contributed by atoms with Crippen molar-refractivity contribution >= 4 is 11.8 Å². The van der Waals surface area contributed by atoms with Crippen LogP contribution in [-0.2, 0) is 0 Å². The number of rotatable bonds is 4. The highest BCUT2D eigenvalue weighted by Crippen LogP contribution is 2.15. The lowest BCUT2D eigenvalue weighted by Crippen LogP contribution is -2.20. The third-order valence-corrected chi connectivity index (χ3v) is 1.57. The number of nitrogens with two attached hydrogens (primary N) is 2. The molecule has 78 valence electrons. The monoisotopic (exact) mass is 199 g/mol. The predicted octanol–water partition coefficient (Wildman–Crippen LogP) is -0.573. The molecule has 0 saturated carbocycles. The molecule has 1 heterocycles. The molecule has 0 unspecified atom stereocenters. The van der Waals surface area contributed by atoms with Gasteiger partial charge in [0.15, 0.2) is 5.82 Å². The van der Waals surface area contributed by atoms with Crippen molar-refractivity contribution in [3.05, 3.63) is 10.4 Å². The highest BCUT2D eigenvalue weighted by Gasteiger charge is 2.10. The lowest BCUT2D eigenvalue weighted by atomic mass is 10.4. The SMILES string of the molecule is CCCNc1[nH]c(N)nc(=O)c1ON. The zero-order valence-electron chi connectivity index (χ0n) is 7.83. The van der Waals surface area contributed by atoms with E-state index in [0.29, 0.717) is 12.4 Å². The fourth-order valence-corrected chi connectivity index (χ4v) is 0.964. The molecular formula is C7H13N5O2. The third-order valence-electron chi connectivity index (χ3n) is 1.57. The van der Waals surface area contributed by atoms with Gasteiger partial charge in [0, 0.05) is 6.54 Å². The molecule has 0 saturated heterocycles. The summed E-state index contributed by atoms with van der Waals surface area (Å²) in [5.74, 6) is 5.25. The van der Waals surface area contributed by atoms with Gasteiger partial charge in [-0.1, -0.05) is 6.92 Å². The van der Waals surface area contributed by atoms with Crippen LogP contribution in [0.5, 0.6) is 5.75 Å². The fraction of sp³-hybridized carbons (Fsp3) is 0.429. The van der Waals surface area contributed by atoms with Crippen LogP contribution in [0.1, 0.15) is 13.3 Å². The van der Waals surface area contributed by atoms with Crippen molar-refractivity contribution < 1.29 is 4.84 Å². The van der Waals surface area contributed by atoms with Crippen molar-refractivity contribution in [2.75, 3.05) is 17.6 Å². The zero-order chi connectivity index (χ0) is 10.6. The van der Waals surface area contributed by atoms with E-state index in [4.69, 9.17) is 11.6 Å². The summed E-state index contributed by atoms with van der Waals surface area (Å²) in [6, 6.07) is 0. The molecule has 0 radical (unpaired) electrons. The Bertz CT molecular complexity index is 362. The van der Waals surface area contributed by atoms with Gasteiger partial charge in [-0.2, -0.15) is 10.9 Å². The summed E-state index contributed by atoms with van der Waals surface area (Å²) < 4.78 is 0. The largest absolute Gasteiger partial charge is 0.402 e. The van der Waals surface area contributed by atoms with E-state index in [2.05, 4.69) is 20.1 Å². The fourth-order valence-electron chi connectivity index (χ4n) is 0.964. The van der Waals surface area contributed by atoms with Crippen LogP contribution < -0.4 is 27.3 Å². The van der Waals surface area contributed by atoms with Gasteiger partial charge in [-0.15, -0.1) is 0 Å². The first-order valence-electron chi connectivity index (χ1n) is 4.19. The van der Waals surface area contributed by atoms with Gasteiger partial charge in [0.05, 0.1) is 0 Å². The molecule has 1 aromatic heterocycles. The standard InChI is InChI=1S/C7H13N5O2/c1-2-3-10-5-4(14-9)6(13)12-7(8)11-5/h2-3,9H2,1H3,(H4,8,10,11,12,13). The van der Waals surface area contributed by atoms with Gasteiger partial charge in [0.1, 0.15) is 0 Å². The summed E-state index contributed by atoms with van der Waals surface area (Å²) in [7, 11) is 0. The molecule has 1 aromatic rings. The van der Waals surface area contributed by atoms with Gasteiger partial charge in [0.25, 0.3) is 5.75 Å². The topological polar surface area (TPSA) is 119 Å². The van der Waals surface area contributed by atoms with Gasteiger partial charge in [-0.05, 0) is 6.42 Å². The molecule has 7 nitrogen and oxygen atoms in total. The van der Waals surface area contributed by atoms with E-state index < -0.39 is 5.56 Å². The molecule has 14 heavy (non-hydrogen) atoms. The van der Waals surface area contributed by atoms with Gasteiger partial charge < -0.3 is 20.9 Å². The number of nitrogen functional groups attached to an aromatic ring is 1. The number of nitrogens with one attached hydrogen (secondary N) is 2. The lowest BCUT2D eigenvalue weighted by Gasteiger charge is -2.08. The Hall–Kier alpha value is -1.76. The van der Waals surface area contributed by atoms with Crippen LogP contribution in [0.3, 0.4) is 0 Å². The first-order chi connectivity index (χ1) is 6.69. The average molecular weight is 199 g/mol. The molecular weight excluding hydrogens is 186 g/mol. The second kappa shape index (κ2) is 4.47. The second-order valence-electron chi connectivity index (χ2n) is 2.68. The minimum atomic E-state index is -0.595. The Morgan fingerprint density at radius 3 is 2.93 bits per heavy atom. The maximum Gasteiger partial charge on any atom is 0.321 e. The van der Waals surface area contributed by atoms with Crippen molar-refractivity contribution in [2.24, 2.45) is 5.90 Å². The molecule has 7 heteroatoms. The van der Waals surface area contributed by atoms with Crippen LogP contribution in [0.25, 0.3) is 0 Å². The number of nitrogens with zero attached hydrogens (tertiary/aromatic N) is 1. The number of hydrogen-bond acceptors (Lipinski definition) is 6. The van der Waals surface area contributed by atoms with Crippen molar-refractivity contribution in [1.82, 2.24) is 9.97 Å². The van der Waals surface area contributed by atoms with Gasteiger partial charge in [0.2, 0.25) is 5.95 Å². The minimum absolute atomic E-state index is 0.0226. The van der Waals surface area contributed by atoms with E-state index in [1.54, 1.807) is 0 Å². The molecule has 0 fully saturated rings. The van der Waals surface area contributed by atoms with Crippen LogP contribution in [0, 0.1) is 0 Å². The normalized spacial score (nSPS) is 9.86. The Morgan fingerprint density at radius 2 is 2.36 bits per heavy atom. The van der Waals surface area contributed by atoms with Gasteiger partial charge >= 0.3 is 5.56 Å². The number of aromatic amines is 1. The molecule has 0 bridgehead atoms. The first-order valence-corrected chi connectivity index (χ1v) is 4.19. The summed E-state index contributed by atoms with van der Waals surface area (Å²) in [5, 5.41) is 2.91. The Kier molecular flexibility index (Phi) is 3.29. The van der Waals surface area contributed by atoms with Crippen molar-refractivity contribution in [1.29, 1.82) is 0 Å². The molecule has 0 atom stereocenters. The highest BCUT2D eigenvalue weighted by molar-refractivity contribution is 5.50. The van der Waals surface area contributed by atoms with E-state index in [-0.39, 0.29) is 11.7 Å².